The molecule has 1 amide bonds. The number of hydrogen-bond donors (Lipinski definition) is 1. The number of carbonyl (C=O) groups is 1. The fourth-order valence-electron chi connectivity index (χ4n) is 3.13. The van der Waals surface area contributed by atoms with Gasteiger partial charge in [-0.1, -0.05) is 6.07 Å². The first kappa shape index (κ1) is 19.3. The molecule has 0 bridgehead atoms. The van der Waals surface area contributed by atoms with Gasteiger partial charge in [-0.05, 0) is 61.5 Å². The first-order chi connectivity index (χ1) is 14.5. The fraction of sp³-hybridized carbons (Fsp3) is 0.130. The van der Waals surface area contributed by atoms with Crippen LogP contribution in [0.1, 0.15) is 13.0 Å². The molecule has 0 spiro atoms. The van der Waals surface area contributed by atoms with Gasteiger partial charge >= 0.3 is 0 Å². The highest BCUT2D eigenvalue weighted by molar-refractivity contribution is 5.95. The zero-order valence-electron chi connectivity index (χ0n) is 16.6. The van der Waals surface area contributed by atoms with Crippen LogP contribution in [0.3, 0.4) is 0 Å². The first-order valence-electron chi connectivity index (χ1n) is 9.45. The topological polar surface area (TPSA) is 86.1 Å². The Kier molecular flexibility index (Phi) is 5.26. The molecule has 0 fully saturated rings. The third-order valence-electron chi connectivity index (χ3n) is 4.83. The highest BCUT2D eigenvalue weighted by Gasteiger charge is 2.18. The minimum Gasteiger partial charge on any atom is -0.497 e. The highest BCUT2D eigenvalue weighted by Crippen LogP contribution is 2.21. The largest absolute Gasteiger partial charge is 0.497 e. The second-order valence-corrected chi connectivity index (χ2v) is 6.81. The van der Waals surface area contributed by atoms with Crippen LogP contribution in [0.2, 0.25) is 0 Å². The Labute approximate surface area is 173 Å². The normalized spacial score (nSPS) is 11.8. The molecule has 0 aliphatic carbocycles. The molecule has 30 heavy (non-hydrogen) atoms. The molecule has 0 saturated heterocycles. The monoisotopic (exact) mass is 400 g/mol. The Balaban J connectivity index is 1.58. The summed E-state index contributed by atoms with van der Waals surface area (Å²) in [5, 5.41) is 8.17. The summed E-state index contributed by atoms with van der Waals surface area (Å²) in [6.07, 6.45) is 1.72. The summed E-state index contributed by atoms with van der Waals surface area (Å²) in [6, 6.07) is 18.8. The molecule has 7 nitrogen and oxygen atoms in total. The van der Waals surface area contributed by atoms with Crippen molar-refractivity contribution in [3.63, 3.8) is 0 Å². The second kappa shape index (κ2) is 8.16. The Morgan fingerprint density at radius 1 is 1.07 bits per heavy atom. The van der Waals surface area contributed by atoms with Crippen molar-refractivity contribution in [3.8, 4) is 17.0 Å². The van der Waals surface area contributed by atoms with E-state index in [0.29, 0.717) is 11.4 Å². The van der Waals surface area contributed by atoms with Crippen molar-refractivity contribution in [3.05, 3.63) is 83.3 Å². The molecule has 1 N–H and O–H groups in total. The van der Waals surface area contributed by atoms with Crippen LogP contribution in [0.15, 0.2) is 77.7 Å². The lowest BCUT2D eigenvalue weighted by molar-refractivity contribution is -0.119. The minimum absolute atomic E-state index is 0.334. The maximum atomic E-state index is 12.8. The summed E-state index contributed by atoms with van der Waals surface area (Å²) in [4.78, 5) is 29.4. The van der Waals surface area contributed by atoms with E-state index in [0.717, 1.165) is 22.2 Å². The van der Waals surface area contributed by atoms with Crippen LogP contribution in [-0.4, -0.2) is 27.8 Å². The van der Waals surface area contributed by atoms with Gasteiger partial charge in [0.15, 0.2) is 0 Å². The molecule has 150 valence electrons. The van der Waals surface area contributed by atoms with Gasteiger partial charge in [0.05, 0.1) is 18.3 Å². The quantitative estimate of drug-likeness (QED) is 0.552. The number of nitrogens with zero attached hydrogens (tertiary/aromatic N) is 3. The number of aromatic nitrogens is 3. The van der Waals surface area contributed by atoms with Gasteiger partial charge in [0.1, 0.15) is 11.8 Å². The van der Waals surface area contributed by atoms with Gasteiger partial charge in [-0.3, -0.25) is 14.6 Å². The van der Waals surface area contributed by atoms with E-state index >= 15 is 0 Å². The maximum absolute atomic E-state index is 12.8. The highest BCUT2D eigenvalue weighted by atomic mass is 16.5. The predicted octanol–water partition coefficient (Wildman–Crippen LogP) is 3.67. The molecular formula is C23H20N4O3. The van der Waals surface area contributed by atoms with Crippen molar-refractivity contribution in [1.29, 1.82) is 0 Å². The molecule has 2 aromatic heterocycles. The molecule has 1 unspecified atom stereocenters. The Morgan fingerprint density at radius 3 is 2.63 bits per heavy atom. The number of rotatable bonds is 5. The van der Waals surface area contributed by atoms with E-state index in [-0.39, 0.29) is 11.5 Å². The molecule has 4 aromatic rings. The van der Waals surface area contributed by atoms with Crippen molar-refractivity contribution in [2.45, 2.75) is 13.0 Å². The van der Waals surface area contributed by atoms with Crippen LogP contribution < -0.4 is 15.6 Å². The SMILES string of the molecule is COc1ccc(-c2ccc(=O)n(C(C)C(=O)Nc3ccc4ncccc4c3)n2)cc1. The zero-order valence-corrected chi connectivity index (χ0v) is 16.6. The molecule has 0 aliphatic rings. The van der Waals surface area contributed by atoms with Gasteiger partial charge in [-0.25, -0.2) is 4.68 Å². The van der Waals surface area contributed by atoms with Crippen LogP contribution in [0.4, 0.5) is 5.69 Å². The third-order valence-corrected chi connectivity index (χ3v) is 4.83. The fourth-order valence-corrected chi connectivity index (χ4v) is 3.13. The van der Waals surface area contributed by atoms with Crippen molar-refractivity contribution in [2.24, 2.45) is 0 Å². The molecule has 7 heteroatoms. The van der Waals surface area contributed by atoms with Crippen molar-refractivity contribution in [2.75, 3.05) is 12.4 Å². The van der Waals surface area contributed by atoms with E-state index in [2.05, 4.69) is 15.4 Å². The molecule has 0 saturated carbocycles. The molecule has 0 aliphatic heterocycles. The number of amides is 1. The number of pyridine rings is 1. The van der Waals surface area contributed by atoms with Crippen LogP contribution >= 0.6 is 0 Å². The summed E-state index contributed by atoms with van der Waals surface area (Å²) >= 11 is 0. The Hall–Kier alpha value is -4.00. The third kappa shape index (κ3) is 3.91. The van der Waals surface area contributed by atoms with Gasteiger partial charge in [0, 0.05) is 28.9 Å². The van der Waals surface area contributed by atoms with E-state index in [1.807, 2.05) is 48.5 Å². The van der Waals surface area contributed by atoms with Crippen LogP contribution in [0, 0.1) is 0 Å². The number of hydrogen-bond acceptors (Lipinski definition) is 5. The van der Waals surface area contributed by atoms with E-state index in [1.54, 1.807) is 32.4 Å². The van der Waals surface area contributed by atoms with Crippen LogP contribution in [0.25, 0.3) is 22.2 Å². The minimum atomic E-state index is -0.791. The Morgan fingerprint density at radius 2 is 1.87 bits per heavy atom. The zero-order chi connectivity index (χ0) is 21.1. The lowest BCUT2D eigenvalue weighted by Crippen LogP contribution is -2.33. The summed E-state index contributed by atoms with van der Waals surface area (Å²) < 4.78 is 6.36. The van der Waals surface area contributed by atoms with E-state index in [9.17, 15) is 9.59 Å². The van der Waals surface area contributed by atoms with Gasteiger partial charge in [0.25, 0.3) is 5.56 Å². The number of anilines is 1. The summed E-state index contributed by atoms with van der Waals surface area (Å²) in [6.45, 7) is 1.64. The predicted molar refractivity (Wildman–Crippen MR) is 116 cm³/mol. The smallest absolute Gasteiger partial charge is 0.267 e. The van der Waals surface area contributed by atoms with E-state index < -0.39 is 6.04 Å². The van der Waals surface area contributed by atoms with Crippen LogP contribution in [-0.2, 0) is 4.79 Å². The first-order valence-corrected chi connectivity index (χ1v) is 9.45. The summed E-state index contributed by atoms with van der Waals surface area (Å²) in [5.74, 6) is 0.394. The van der Waals surface area contributed by atoms with Gasteiger partial charge in [-0.15, -0.1) is 0 Å². The Bertz CT molecular complexity index is 1270. The molecule has 2 heterocycles. The van der Waals surface area contributed by atoms with Gasteiger partial charge < -0.3 is 10.1 Å². The van der Waals surface area contributed by atoms with E-state index in [1.165, 1.54) is 10.7 Å². The lowest BCUT2D eigenvalue weighted by atomic mass is 10.1. The summed E-state index contributed by atoms with van der Waals surface area (Å²) in [7, 11) is 1.60. The maximum Gasteiger partial charge on any atom is 0.267 e. The molecule has 1 atom stereocenters. The molecule has 4 rings (SSSR count). The average Bonchev–Trinajstić information content (AvgIpc) is 2.79. The van der Waals surface area contributed by atoms with Crippen molar-refractivity contribution >= 4 is 22.5 Å². The lowest BCUT2D eigenvalue weighted by Gasteiger charge is -2.15. The van der Waals surface area contributed by atoms with Gasteiger partial charge in [0.2, 0.25) is 5.91 Å². The standard InChI is InChI=1S/C23H20N4O3/c1-15(23(29)25-18-7-10-20-17(14-18)4-3-13-24-20)27-22(28)12-11-21(26-27)16-5-8-19(30-2)9-6-16/h3-15H,1-2H3,(H,25,29). The van der Waals surface area contributed by atoms with Crippen molar-refractivity contribution in [1.82, 2.24) is 14.8 Å². The van der Waals surface area contributed by atoms with E-state index in [4.69, 9.17) is 4.74 Å². The average molecular weight is 400 g/mol. The second-order valence-electron chi connectivity index (χ2n) is 6.81. The van der Waals surface area contributed by atoms with Crippen molar-refractivity contribution < 1.29 is 9.53 Å². The number of fused-ring (bicyclic) bond motifs is 1. The molecule has 2 aromatic carbocycles. The number of carbonyl (C=O) groups excluding carboxylic acids is 1. The number of methoxy groups -OCH3 is 1. The number of nitrogens with one attached hydrogen (secondary N) is 1. The molecule has 0 radical (unpaired) electrons. The van der Waals surface area contributed by atoms with Gasteiger partial charge in [-0.2, -0.15) is 5.10 Å². The van der Waals surface area contributed by atoms with Crippen LogP contribution in [0.5, 0.6) is 5.75 Å². The summed E-state index contributed by atoms with van der Waals surface area (Å²) in [5.41, 5.74) is 2.53. The molecular weight excluding hydrogens is 380 g/mol. The number of ether oxygens (including phenoxy) is 1. The number of benzene rings is 2.